The molecule has 0 unspecified atom stereocenters. The van der Waals surface area contributed by atoms with Gasteiger partial charge in [-0.05, 0) is 23.1 Å². The SMILES string of the molecule is CN(C)C(=O)Nc1ccc(C(C)(C)C)cc1. The number of carbonyl (C=O) groups excluding carboxylic acids is 1. The van der Waals surface area contributed by atoms with E-state index in [2.05, 4.69) is 26.1 Å². The van der Waals surface area contributed by atoms with E-state index in [1.807, 2.05) is 24.3 Å². The highest BCUT2D eigenvalue weighted by atomic mass is 16.2. The fourth-order valence-electron chi connectivity index (χ4n) is 1.29. The molecule has 3 nitrogen and oxygen atoms in total. The molecular formula is C13H20N2O. The molecule has 0 heterocycles. The van der Waals surface area contributed by atoms with Gasteiger partial charge < -0.3 is 10.2 Å². The number of benzene rings is 1. The van der Waals surface area contributed by atoms with E-state index in [4.69, 9.17) is 0 Å². The van der Waals surface area contributed by atoms with Crippen LogP contribution in [-0.2, 0) is 5.41 Å². The van der Waals surface area contributed by atoms with Crippen LogP contribution < -0.4 is 5.32 Å². The second-order valence-corrected chi connectivity index (χ2v) is 5.15. The summed E-state index contributed by atoms with van der Waals surface area (Å²) in [5.74, 6) is 0. The van der Waals surface area contributed by atoms with Crippen molar-refractivity contribution in [1.29, 1.82) is 0 Å². The maximum atomic E-state index is 11.4. The van der Waals surface area contributed by atoms with Crippen molar-refractivity contribution in [1.82, 2.24) is 4.90 Å². The predicted molar refractivity (Wildman–Crippen MR) is 67.8 cm³/mol. The molecule has 16 heavy (non-hydrogen) atoms. The fourth-order valence-corrected chi connectivity index (χ4v) is 1.29. The second kappa shape index (κ2) is 4.56. The summed E-state index contributed by atoms with van der Waals surface area (Å²) in [7, 11) is 3.44. The third-order valence-electron chi connectivity index (χ3n) is 2.41. The van der Waals surface area contributed by atoms with Crippen LogP contribution in [0.25, 0.3) is 0 Å². The summed E-state index contributed by atoms with van der Waals surface area (Å²) in [6.07, 6.45) is 0. The molecule has 3 heteroatoms. The van der Waals surface area contributed by atoms with Gasteiger partial charge in [-0.1, -0.05) is 32.9 Å². The van der Waals surface area contributed by atoms with Crippen molar-refractivity contribution in [3.63, 3.8) is 0 Å². The van der Waals surface area contributed by atoms with Gasteiger partial charge in [0.1, 0.15) is 0 Å². The van der Waals surface area contributed by atoms with E-state index < -0.39 is 0 Å². The molecule has 88 valence electrons. The van der Waals surface area contributed by atoms with Crippen LogP contribution in [0.1, 0.15) is 26.3 Å². The van der Waals surface area contributed by atoms with Gasteiger partial charge in [0, 0.05) is 19.8 Å². The second-order valence-electron chi connectivity index (χ2n) is 5.15. The van der Waals surface area contributed by atoms with Gasteiger partial charge in [-0.25, -0.2) is 4.79 Å². The third-order valence-corrected chi connectivity index (χ3v) is 2.41. The quantitative estimate of drug-likeness (QED) is 0.775. The number of carbonyl (C=O) groups is 1. The van der Waals surface area contributed by atoms with Crippen molar-refractivity contribution in [3.8, 4) is 0 Å². The first-order chi connectivity index (χ1) is 7.30. The molecule has 0 saturated heterocycles. The summed E-state index contributed by atoms with van der Waals surface area (Å²) in [6.45, 7) is 6.50. The Hall–Kier alpha value is -1.51. The van der Waals surface area contributed by atoms with E-state index >= 15 is 0 Å². The first kappa shape index (κ1) is 12.6. The number of nitrogens with one attached hydrogen (secondary N) is 1. The van der Waals surface area contributed by atoms with Crippen molar-refractivity contribution in [3.05, 3.63) is 29.8 Å². The summed E-state index contributed by atoms with van der Waals surface area (Å²) < 4.78 is 0. The number of hydrogen-bond acceptors (Lipinski definition) is 1. The molecular weight excluding hydrogens is 200 g/mol. The molecule has 0 atom stereocenters. The van der Waals surface area contributed by atoms with Gasteiger partial charge >= 0.3 is 6.03 Å². The standard InChI is InChI=1S/C13H20N2O/c1-13(2,3)10-6-8-11(9-7-10)14-12(16)15(4)5/h6-9H,1-5H3,(H,14,16). The number of anilines is 1. The van der Waals surface area contributed by atoms with Gasteiger partial charge in [0.2, 0.25) is 0 Å². The Balaban J connectivity index is 2.76. The van der Waals surface area contributed by atoms with Crippen LogP contribution in [0.3, 0.4) is 0 Å². The van der Waals surface area contributed by atoms with E-state index in [1.54, 1.807) is 14.1 Å². The Morgan fingerprint density at radius 1 is 1.12 bits per heavy atom. The number of rotatable bonds is 1. The maximum absolute atomic E-state index is 11.4. The van der Waals surface area contributed by atoms with Gasteiger partial charge in [-0.2, -0.15) is 0 Å². The minimum atomic E-state index is -0.108. The molecule has 1 aromatic carbocycles. The highest BCUT2D eigenvalue weighted by Gasteiger charge is 2.13. The highest BCUT2D eigenvalue weighted by molar-refractivity contribution is 5.88. The molecule has 0 aromatic heterocycles. The normalized spacial score (nSPS) is 11.1. The number of nitrogens with zero attached hydrogens (tertiary/aromatic N) is 1. The lowest BCUT2D eigenvalue weighted by molar-refractivity contribution is 0.230. The van der Waals surface area contributed by atoms with Crippen LogP contribution in [0.2, 0.25) is 0 Å². The first-order valence-corrected chi connectivity index (χ1v) is 5.39. The maximum Gasteiger partial charge on any atom is 0.321 e. The average Bonchev–Trinajstić information content (AvgIpc) is 2.17. The van der Waals surface area contributed by atoms with Gasteiger partial charge in [-0.15, -0.1) is 0 Å². The van der Waals surface area contributed by atoms with E-state index in [9.17, 15) is 4.79 Å². The Bertz CT molecular complexity index is 361. The fraction of sp³-hybridized carbons (Fsp3) is 0.462. The zero-order valence-corrected chi connectivity index (χ0v) is 10.7. The average molecular weight is 220 g/mol. The van der Waals surface area contributed by atoms with Gasteiger partial charge in [0.25, 0.3) is 0 Å². The molecule has 0 radical (unpaired) electrons. The Morgan fingerprint density at radius 2 is 1.62 bits per heavy atom. The van der Waals surface area contributed by atoms with Crippen molar-refractivity contribution >= 4 is 11.7 Å². The largest absolute Gasteiger partial charge is 0.331 e. The number of urea groups is 1. The van der Waals surface area contributed by atoms with Crippen LogP contribution in [-0.4, -0.2) is 25.0 Å². The van der Waals surface area contributed by atoms with Crippen LogP contribution in [0, 0.1) is 0 Å². The topological polar surface area (TPSA) is 32.3 Å². The Kier molecular flexibility index (Phi) is 3.58. The van der Waals surface area contributed by atoms with E-state index in [1.165, 1.54) is 10.5 Å². The predicted octanol–water partition coefficient (Wildman–Crippen LogP) is 3.08. The lowest BCUT2D eigenvalue weighted by Crippen LogP contribution is -2.27. The van der Waals surface area contributed by atoms with E-state index in [0.717, 1.165) is 5.69 Å². The van der Waals surface area contributed by atoms with Crippen LogP contribution >= 0.6 is 0 Å². The number of amides is 2. The summed E-state index contributed by atoms with van der Waals surface area (Å²) >= 11 is 0. The summed E-state index contributed by atoms with van der Waals surface area (Å²) in [5.41, 5.74) is 2.23. The molecule has 1 aromatic rings. The molecule has 0 aliphatic heterocycles. The first-order valence-electron chi connectivity index (χ1n) is 5.39. The lowest BCUT2D eigenvalue weighted by atomic mass is 9.87. The molecule has 1 rings (SSSR count). The van der Waals surface area contributed by atoms with E-state index in [0.29, 0.717) is 0 Å². The minimum absolute atomic E-state index is 0.108. The zero-order chi connectivity index (χ0) is 12.3. The van der Waals surface area contributed by atoms with Gasteiger partial charge in [0.05, 0.1) is 0 Å². The van der Waals surface area contributed by atoms with Crippen molar-refractivity contribution in [2.75, 3.05) is 19.4 Å². The van der Waals surface area contributed by atoms with Gasteiger partial charge in [0.15, 0.2) is 0 Å². The van der Waals surface area contributed by atoms with Crippen LogP contribution in [0.15, 0.2) is 24.3 Å². The molecule has 0 saturated carbocycles. The Labute approximate surface area is 97.5 Å². The highest BCUT2D eigenvalue weighted by Crippen LogP contribution is 2.23. The smallest absolute Gasteiger partial charge is 0.321 e. The monoisotopic (exact) mass is 220 g/mol. The van der Waals surface area contributed by atoms with Crippen LogP contribution in [0.4, 0.5) is 10.5 Å². The van der Waals surface area contributed by atoms with Crippen molar-refractivity contribution in [2.24, 2.45) is 0 Å². The Morgan fingerprint density at radius 3 is 2.00 bits per heavy atom. The summed E-state index contributed by atoms with van der Waals surface area (Å²) in [5, 5.41) is 2.81. The van der Waals surface area contributed by atoms with Crippen molar-refractivity contribution in [2.45, 2.75) is 26.2 Å². The molecule has 0 bridgehead atoms. The molecule has 0 fully saturated rings. The summed E-state index contributed by atoms with van der Waals surface area (Å²) in [6, 6.07) is 7.85. The number of hydrogen-bond donors (Lipinski definition) is 1. The lowest BCUT2D eigenvalue weighted by Gasteiger charge is -2.19. The molecule has 0 spiro atoms. The van der Waals surface area contributed by atoms with E-state index in [-0.39, 0.29) is 11.4 Å². The molecule has 0 aliphatic rings. The van der Waals surface area contributed by atoms with Crippen molar-refractivity contribution < 1.29 is 4.79 Å². The van der Waals surface area contributed by atoms with Gasteiger partial charge in [-0.3, -0.25) is 0 Å². The molecule has 1 N–H and O–H groups in total. The minimum Gasteiger partial charge on any atom is -0.331 e. The summed E-state index contributed by atoms with van der Waals surface area (Å²) in [4.78, 5) is 12.9. The molecule has 0 aliphatic carbocycles. The molecule has 2 amide bonds. The zero-order valence-electron chi connectivity index (χ0n) is 10.7. The third kappa shape index (κ3) is 3.26. The van der Waals surface area contributed by atoms with Crippen LogP contribution in [0.5, 0.6) is 0 Å².